The highest BCUT2D eigenvalue weighted by Gasteiger charge is 2.44. The molecule has 4 rings (SSSR count). The van der Waals surface area contributed by atoms with Crippen LogP contribution in [0.25, 0.3) is 0 Å². The zero-order chi connectivity index (χ0) is 23.9. The molecule has 0 saturated carbocycles. The van der Waals surface area contributed by atoms with Crippen molar-refractivity contribution < 1.29 is 27.8 Å². The predicted molar refractivity (Wildman–Crippen MR) is 117 cm³/mol. The number of nitrogens with two attached hydrogens (primary N) is 2. The molecule has 8 heteroatoms. The van der Waals surface area contributed by atoms with Crippen LogP contribution < -0.4 is 11.5 Å². The lowest BCUT2D eigenvalue weighted by atomic mass is 9.64. The summed E-state index contributed by atoms with van der Waals surface area (Å²) < 4.78 is 56.9. The van der Waals surface area contributed by atoms with E-state index in [4.69, 9.17) is 11.5 Å². The Hall–Kier alpha value is -4.20. The number of benzene rings is 4. The predicted octanol–water partition coefficient (Wildman–Crippen LogP) is 5.20. The molecule has 0 fully saturated rings. The Morgan fingerprint density at radius 1 is 0.515 bits per heavy atom. The molecule has 6 N–H and O–H groups in total. The molecule has 4 nitrogen and oxygen atoms in total. The number of anilines is 2. The van der Waals surface area contributed by atoms with E-state index < -0.39 is 40.2 Å². The first kappa shape index (κ1) is 22.0. The maximum atomic E-state index is 14.6. The third-order valence-corrected chi connectivity index (χ3v) is 5.57. The summed E-state index contributed by atoms with van der Waals surface area (Å²) in [6.07, 6.45) is 0. The minimum absolute atomic E-state index is 0.191. The van der Waals surface area contributed by atoms with Crippen LogP contribution >= 0.6 is 0 Å². The third-order valence-electron chi connectivity index (χ3n) is 5.57. The molecule has 168 valence electrons. The first-order chi connectivity index (χ1) is 15.6. The second-order valence-corrected chi connectivity index (χ2v) is 7.55. The Balaban J connectivity index is 2.29. The third kappa shape index (κ3) is 3.59. The van der Waals surface area contributed by atoms with Crippen LogP contribution in [0, 0.1) is 23.3 Å². The van der Waals surface area contributed by atoms with Gasteiger partial charge in [0.15, 0.2) is 0 Å². The molecule has 0 unspecified atom stereocenters. The van der Waals surface area contributed by atoms with Crippen LogP contribution in [0.3, 0.4) is 0 Å². The Bertz CT molecular complexity index is 1240. The largest absolute Gasteiger partial charge is 0.505 e. The van der Waals surface area contributed by atoms with Crippen molar-refractivity contribution in [2.45, 2.75) is 5.41 Å². The van der Waals surface area contributed by atoms with Crippen molar-refractivity contribution in [3.05, 3.63) is 118 Å². The van der Waals surface area contributed by atoms with E-state index in [0.29, 0.717) is 0 Å². The van der Waals surface area contributed by atoms with Crippen molar-refractivity contribution in [1.82, 2.24) is 0 Å². The molecule has 0 aromatic heterocycles. The number of halogens is 4. The highest BCUT2D eigenvalue weighted by Crippen LogP contribution is 2.53. The summed E-state index contributed by atoms with van der Waals surface area (Å²) in [4.78, 5) is 0. The molecule has 0 radical (unpaired) electrons. The number of hydrogen-bond acceptors (Lipinski definition) is 4. The maximum Gasteiger partial charge on any atom is 0.143 e. The highest BCUT2D eigenvalue weighted by molar-refractivity contribution is 5.72. The van der Waals surface area contributed by atoms with E-state index in [0.717, 1.165) is 48.5 Å². The summed E-state index contributed by atoms with van der Waals surface area (Å²) in [6, 6.07) is 13.4. The van der Waals surface area contributed by atoms with E-state index in [1.807, 2.05) is 0 Å². The summed E-state index contributed by atoms with van der Waals surface area (Å²) in [5, 5.41) is 21.9. The Morgan fingerprint density at radius 3 is 1.18 bits per heavy atom. The monoisotopic (exact) mass is 454 g/mol. The van der Waals surface area contributed by atoms with Gasteiger partial charge in [0.05, 0.1) is 16.8 Å². The molecule has 0 atom stereocenters. The number of aromatic hydroxyl groups is 2. The van der Waals surface area contributed by atoms with Gasteiger partial charge in [-0.05, 0) is 47.5 Å². The topological polar surface area (TPSA) is 92.5 Å². The van der Waals surface area contributed by atoms with Crippen molar-refractivity contribution in [3.63, 3.8) is 0 Å². The van der Waals surface area contributed by atoms with Gasteiger partial charge in [-0.3, -0.25) is 0 Å². The average Bonchev–Trinajstić information content (AvgIpc) is 2.77. The van der Waals surface area contributed by atoms with Gasteiger partial charge in [0, 0.05) is 23.3 Å². The van der Waals surface area contributed by atoms with Crippen LogP contribution in [0.5, 0.6) is 11.5 Å². The van der Waals surface area contributed by atoms with Gasteiger partial charge in [-0.25, -0.2) is 17.6 Å². The molecule has 0 saturated heterocycles. The van der Waals surface area contributed by atoms with Crippen LogP contribution in [0.4, 0.5) is 28.9 Å². The molecule has 4 aromatic carbocycles. The van der Waals surface area contributed by atoms with E-state index in [1.165, 1.54) is 24.3 Å². The minimum Gasteiger partial charge on any atom is -0.505 e. The fraction of sp³-hybridized carbons (Fsp3) is 0.0400. The van der Waals surface area contributed by atoms with Crippen molar-refractivity contribution in [3.8, 4) is 11.5 Å². The molecule has 0 bridgehead atoms. The molecule has 0 amide bonds. The van der Waals surface area contributed by atoms with Gasteiger partial charge < -0.3 is 21.7 Å². The Morgan fingerprint density at radius 2 is 0.848 bits per heavy atom. The summed E-state index contributed by atoms with van der Waals surface area (Å²) in [5.74, 6) is -3.99. The van der Waals surface area contributed by atoms with Crippen molar-refractivity contribution in [1.29, 1.82) is 0 Å². The van der Waals surface area contributed by atoms with E-state index in [9.17, 15) is 27.8 Å². The second-order valence-electron chi connectivity index (χ2n) is 7.55. The molecular weight excluding hydrogens is 436 g/mol. The molecule has 0 spiro atoms. The van der Waals surface area contributed by atoms with E-state index in [-0.39, 0.29) is 33.6 Å². The lowest BCUT2D eigenvalue weighted by molar-refractivity contribution is 0.445. The Labute approximate surface area is 186 Å². The minimum atomic E-state index is -1.87. The normalized spacial score (nSPS) is 11.5. The molecule has 4 aromatic rings. The number of hydrogen-bond donors (Lipinski definition) is 4. The van der Waals surface area contributed by atoms with Gasteiger partial charge in [-0.2, -0.15) is 0 Å². The van der Waals surface area contributed by atoms with E-state index in [2.05, 4.69) is 0 Å². The standard InChI is InChI=1S/C25H18F4N2O2/c26-15-5-1-13(2-6-15)25(14-3-7-16(27)8-4-14,19-9-17(28)11-21(30)23(19)32)20-10-18(29)12-22(31)24(20)33/h1-12,32-33H,30-31H2. The summed E-state index contributed by atoms with van der Waals surface area (Å²) in [5.41, 5.74) is 9.11. The van der Waals surface area contributed by atoms with Crippen LogP contribution in [-0.2, 0) is 5.41 Å². The number of nitrogen functional groups attached to an aromatic ring is 2. The summed E-state index contributed by atoms with van der Waals surface area (Å²) in [6.45, 7) is 0. The number of rotatable bonds is 4. The Kier molecular flexibility index (Phi) is 5.37. The molecular formula is C25H18F4N2O2. The van der Waals surface area contributed by atoms with Gasteiger partial charge in [-0.15, -0.1) is 0 Å². The zero-order valence-electron chi connectivity index (χ0n) is 17.0. The number of phenolic OH excluding ortho intramolecular Hbond substituents is 2. The van der Waals surface area contributed by atoms with Gasteiger partial charge >= 0.3 is 0 Å². The fourth-order valence-electron chi connectivity index (χ4n) is 4.15. The van der Waals surface area contributed by atoms with Crippen molar-refractivity contribution in [2.75, 3.05) is 11.5 Å². The van der Waals surface area contributed by atoms with Gasteiger partial charge in [0.25, 0.3) is 0 Å². The number of phenols is 2. The van der Waals surface area contributed by atoms with Gasteiger partial charge in [0.1, 0.15) is 34.8 Å². The smallest absolute Gasteiger partial charge is 0.143 e. The van der Waals surface area contributed by atoms with Crippen molar-refractivity contribution >= 4 is 11.4 Å². The van der Waals surface area contributed by atoms with E-state index >= 15 is 0 Å². The molecule has 0 aliphatic heterocycles. The zero-order valence-corrected chi connectivity index (χ0v) is 17.0. The van der Waals surface area contributed by atoms with Gasteiger partial charge in [-0.1, -0.05) is 24.3 Å². The average molecular weight is 454 g/mol. The van der Waals surface area contributed by atoms with Crippen LogP contribution in [0.1, 0.15) is 22.3 Å². The SMILES string of the molecule is Nc1cc(F)cc(C(c2ccc(F)cc2)(c2ccc(F)cc2)c2cc(F)cc(N)c2O)c1O. The molecule has 33 heavy (non-hydrogen) atoms. The van der Waals surface area contributed by atoms with Crippen molar-refractivity contribution in [2.24, 2.45) is 0 Å². The molecule has 0 aliphatic rings. The lowest BCUT2D eigenvalue weighted by Gasteiger charge is -2.37. The molecule has 0 aliphatic carbocycles. The molecule has 0 heterocycles. The van der Waals surface area contributed by atoms with Gasteiger partial charge in [0.2, 0.25) is 0 Å². The lowest BCUT2D eigenvalue weighted by Crippen LogP contribution is -2.32. The van der Waals surface area contributed by atoms with Crippen LogP contribution in [0.15, 0.2) is 72.8 Å². The summed E-state index contributed by atoms with van der Waals surface area (Å²) in [7, 11) is 0. The first-order valence-corrected chi connectivity index (χ1v) is 9.73. The second kappa shape index (κ2) is 8.05. The highest BCUT2D eigenvalue weighted by atomic mass is 19.1. The van der Waals surface area contributed by atoms with Crippen LogP contribution in [0.2, 0.25) is 0 Å². The first-order valence-electron chi connectivity index (χ1n) is 9.73. The van der Waals surface area contributed by atoms with Crippen LogP contribution in [-0.4, -0.2) is 10.2 Å². The fourth-order valence-corrected chi connectivity index (χ4v) is 4.15. The quantitative estimate of drug-likeness (QED) is 0.148. The van der Waals surface area contributed by atoms with E-state index in [1.54, 1.807) is 0 Å². The maximum absolute atomic E-state index is 14.6. The summed E-state index contributed by atoms with van der Waals surface area (Å²) >= 11 is 0.